The number of hydrogen-bond donors (Lipinski definition) is 0. The Morgan fingerprint density at radius 1 is 1.14 bits per heavy atom. The zero-order chi connectivity index (χ0) is 11.1. The lowest BCUT2D eigenvalue weighted by Gasteiger charge is -2.18. The van der Waals surface area contributed by atoms with Gasteiger partial charge in [0.05, 0.1) is 0 Å². The van der Waals surface area contributed by atoms with E-state index in [-0.39, 0.29) is 5.56 Å². The molecule has 0 saturated heterocycles. The van der Waals surface area contributed by atoms with E-state index < -0.39 is 17.4 Å². The highest BCUT2D eigenvalue weighted by Gasteiger charge is 2.40. The average Bonchev–Trinajstić information content (AvgIpc) is 2.27. The second-order valence-electron chi connectivity index (χ2n) is 4.35. The molecule has 14 heavy (non-hydrogen) atoms. The van der Waals surface area contributed by atoms with Crippen molar-refractivity contribution in [3.8, 4) is 0 Å². The Bertz CT molecular complexity index is 297. The fourth-order valence-corrected chi connectivity index (χ4v) is 1.28. The van der Waals surface area contributed by atoms with Crippen molar-refractivity contribution in [3.63, 3.8) is 0 Å². The third-order valence-electron chi connectivity index (χ3n) is 1.92. The van der Waals surface area contributed by atoms with E-state index >= 15 is 0 Å². The summed E-state index contributed by atoms with van der Waals surface area (Å²) in [4.78, 5) is 0. The molecule has 0 atom stereocenters. The Balaban J connectivity index is 3.31. The normalized spacial score (nSPS) is 13.4. The van der Waals surface area contributed by atoms with Crippen LogP contribution in [0.3, 0.4) is 0 Å². The fraction of sp³-hybridized carbons (Fsp3) is 0.600. The lowest BCUT2D eigenvalue weighted by Crippen LogP contribution is -2.17. The van der Waals surface area contributed by atoms with Gasteiger partial charge in [-0.3, -0.25) is 0 Å². The molecule has 1 aromatic heterocycles. The number of hydrogen-bond acceptors (Lipinski definition) is 1. The maximum atomic E-state index is 12.5. The van der Waals surface area contributed by atoms with Crippen LogP contribution in [0.2, 0.25) is 0 Å². The molecular weight excluding hydrogens is 193 g/mol. The van der Waals surface area contributed by atoms with Gasteiger partial charge in [-0.2, -0.15) is 13.2 Å². The summed E-state index contributed by atoms with van der Waals surface area (Å²) < 4.78 is 42.2. The van der Waals surface area contributed by atoms with Crippen LogP contribution in [-0.4, -0.2) is 0 Å². The van der Waals surface area contributed by atoms with Crippen LogP contribution in [-0.2, 0) is 11.6 Å². The van der Waals surface area contributed by atoms with Gasteiger partial charge in [-0.05, 0) is 18.4 Å². The summed E-state index contributed by atoms with van der Waals surface area (Å²) >= 11 is 0. The van der Waals surface area contributed by atoms with E-state index in [4.69, 9.17) is 0 Å². The largest absolute Gasteiger partial charge is 0.456 e. The number of furan rings is 1. The third kappa shape index (κ3) is 2.11. The molecule has 1 rings (SSSR count). The zero-order valence-corrected chi connectivity index (χ0v) is 8.62. The van der Waals surface area contributed by atoms with Crippen LogP contribution < -0.4 is 0 Å². The smallest absolute Gasteiger partial charge is 0.449 e. The van der Waals surface area contributed by atoms with Crippen LogP contribution in [0.25, 0.3) is 0 Å². The van der Waals surface area contributed by atoms with Gasteiger partial charge in [0.15, 0.2) is 0 Å². The first-order chi connectivity index (χ1) is 6.12. The number of aryl methyl sites for hydroxylation is 1. The first-order valence-corrected chi connectivity index (χ1v) is 4.30. The molecule has 1 aromatic rings. The minimum Gasteiger partial charge on any atom is -0.456 e. The van der Waals surface area contributed by atoms with Crippen molar-refractivity contribution in [2.75, 3.05) is 0 Å². The van der Waals surface area contributed by atoms with Crippen molar-refractivity contribution in [1.29, 1.82) is 0 Å². The molecule has 0 aliphatic carbocycles. The second kappa shape index (κ2) is 3.04. The molecule has 0 saturated carbocycles. The Morgan fingerprint density at radius 3 is 1.93 bits per heavy atom. The predicted molar refractivity (Wildman–Crippen MR) is 47.1 cm³/mol. The van der Waals surface area contributed by atoms with Gasteiger partial charge < -0.3 is 4.42 Å². The van der Waals surface area contributed by atoms with Crippen LogP contribution in [0.1, 0.15) is 37.9 Å². The van der Waals surface area contributed by atoms with E-state index in [1.54, 1.807) is 20.8 Å². The van der Waals surface area contributed by atoms with Crippen molar-refractivity contribution in [2.24, 2.45) is 0 Å². The monoisotopic (exact) mass is 206 g/mol. The van der Waals surface area contributed by atoms with Crippen LogP contribution in [0.5, 0.6) is 0 Å². The Hall–Kier alpha value is -0.930. The summed E-state index contributed by atoms with van der Waals surface area (Å²) in [6.07, 6.45) is -4.41. The standard InChI is InChI=1S/C10H13F3O/c1-6-5-7(9(2,3)4)8(14-6)10(11,12)13/h5H,1-4H3. The summed E-state index contributed by atoms with van der Waals surface area (Å²) in [6.45, 7) is 6.70. The highest BCUT2D eigenvalue weighted by Crippen LogP contribution is 2.39. The molecule has 1 heterocycles. The maximum absolute atomic E-state index is 12.5. The Kier molecular flexibility index (Phi) is 2.42. The molecule has 80 valence electrons. The Morgan fingerprint density at radius 2 is 1.64 bits per heavy atom. The molecule has 0 bridgehead atoms. The van der Waals surface area contributed by atoms with Gasteiger partial charge in [-0.25, -0.2) is 0 Å². The zero-order valence-electron chi connectivity index (χ0n) is 8.62. The minimum absolute atomic E-state index is 0.211. The van der Waals surface area contributed by atoms with E-state index in [0.29, 0.717) is 5.76 Å². The van der Waals surface area contributed by atoms with Crippen LogP contribution >= 0.6 is 0 Å². The quantitative estimate of drug-likeness (QED) is 0.627. The van der Waals surface area contributed by atoms with E-state index in [9.17, 15) is 13.2 Å². The van der Waals surface area contributed by atoms with Crippen molar-refractivity contribution in [1.82, 2.24) is 0 Å². The molecule has 1 nitrogen and oxygen atoms in total. The number of halogens is 3. The Labute approximate surface area is 80.9 Å². The molecular formula is C10H13F3O. The average molecular weight is 206 g/mol. The van der Waals surface area contributed by atoms with Crippen LogP contribution in [0.15, 0.2) is 10.5 Å². The SMILES string of the molecule is Cc1cc(C(C)(C)C)c(C(F)(F)F)o1. The fourth-order valence-electron chi connectivity index (χ4n) is 1.28. The maximum Gasteiger partial charge on any atom is 0.449 e. The summed E-state index contributed by atoms with van der Waals surface area (Å²) in [5.41, 5.74) is -0.342. The molecule has 0 amide bonds. The van der Waals surface area contributed by atoms with Crippen molar-refractivity contribution >= 4 is 0 Å². The van der Waals surface area contributed by atoms with Gasteiger partial charge in [0.25, 0.3) is 0 Å². The molecule has 0 radical (unpaired) electrons. The molecule has 0 fully saturated rings. The number of rotatable bonds is 0. The van der Waals surface area contributed by atoms with E-state index in [1.807, 2.05) is 0 Å². The molecule has 0 aromatic carbocycles. The molecule has 4 heteroatoms. The lowest BCUT2D eigenvalue weighted by molar-refractivity contribution is -0.154. The first-order valence-electron chi connectivity index (χ1n) is 4.30. The van der Waals surface area contributed by atoms with Crippen LogP contribution in [0.4, 0.5) is 13.2 Å². The second-order valence-corrected chi connectivity index (χ2v) is 4.35. The molecule has 0 unspecified atom stereocenters. The molecule has 0 aliphatic heterocycles. The topological polar surface area (TPSA) is 13.1 Å². The summed E-state index contributed by atoms with van der Waals surface area (Å²) in [5.74, 6) is -0.579. The highest BCUT2D eigenvalue weighted by atomic mass is 19.4. The minimum atomic E-state index is -4.41. The van der Waals surface area contributed by atoms with Gasteiger partial charge in [0.2, 0.25) is 5.76 Å². The van der Waals surface area contributed by atoms with E-state index in [2.05, 4.69) is 4.42 Å². The first kappa shape index (κ1) is 11.1. The van der Waals surface area contributed by atoms with E-state index in [0.717, 1.165) is 0 Å². The molecule has 0 N–H and O–H groups in total. The summed E-state index contributed by atoms with van der Waals surface area (Å²) in [6, 6.07) is 1.45. The van der Waals surface area contributed by atoms with Crippen molar-refractivity contribution in [3.05, 3.63) is 23.2 Å². The van der Waals surface area contributed by atoms with Gasteiger partial charge in [0.1, 0.15) is 5.76 Å². The van der Waals surface area contributed by atoms with Gasteiger partial charge in [-0.15, -0.1) is 0 Å². The van der Waals surface area contributed by atoms with Crippen molar-refractivity contribution in [2.45, 2.75) is 39.3 Å². The molecule has 0 spiro atoms. The van der Waals surface area contributed by atoms with Gasteiger partial charge in [0, 0.05) is 5.56 Å². The third-order valence-corrected chi connectivity index (χ3v) is 1.92. The van der Waals surface area contributed by atoms with Gasteiger partial charge >= 0.3 is 6.18 Å². The number of alkyl halides is 3. The predicted octanol–water partition coefficient (Wildman–Crippen LogP) is 3.90. The van der Waals surface area contributed by atoms with Gasteiger partial charge in [-0.1, -0.05) is 20.8 Å². The molecule has 0 aliphatic rings. The lowest BCUT2D eigenvalue weighted by atomic mass is 9.87. The summed E-state index contributed by atoms with van der Waals surface area (Å²) in [5, 5.41) is 0. The van der Waals surface area contributed by atoms with Crippen LogP contribution in [0, 0.1) is 6.92 Å². The van der Waals surface area contributed by atoms with Crippen molar-refractivity contribution < 1.29 is 17.6 Å². The summed E-state index contributed by atoms with van der Waals surface area (Å²) in [7, 11) is 0. The van der Waals surface area contributed by atoms with E-state index in [1.165, 1.54) is 13.0 Å². The highest BCUT2D eigenvalue weighted by molar-refractivity contribution is 5.30.